The van der Waals surface area contributed by atoms with Crippen LogP contribution in [0.5, 0.6) is 0 Å². The number of thiol groups is 1. The molecule has 5 heteroatoms. The first-order valence-electron chi connectivity index (χ1n) is 3.72. The molecule has 1 unspecified atom stereocenters. The Bertz CT molecular complexity index is 398. The lowest BCUT2D eigenvalue weighted by molar-refractivity contribution is 0.597. The summed E-state index contributed by atoms with van der Waals surface area (Å²) in [6.45, 7) is 1.87. The second kappa shape index (κ2) is 3.69. The van der Waals surface area contributed by atoms with Crippen molar-refractivity contribution in [3.63, 3.8) is 0 Å². The molecule has 1 atom stereocenters. The summed E-state index contributed by atoms with van der Waals surface area (Å²) in [6.07, 6.45) is 0. The summed E-state index contributed by atoms with van der Waals surface area (Å²) in [5, 5.41) is 4.97. The van der Waals surface area contributed by atoms with Gasteiger partial charge in [-0.2, -0.15) is 12.6 Å². The monoisotopic (exact) mass is 217 g/mol. The summed E-state index contributed by atoms with van der Waals surface area (Å²) in [4.78, 5) is 0.130. The van der Waals surface area contributed by atoms with E-state index in [1.807, 2.05) is 13.0 Å². The molecule has 0 spiro atoms. The Morgan fingerprint density at radius 2 is 2.08 bits per heavy atom. The van der Waals surface area contributed by atoms with Crippen LogP contribution in [-0.4, -0.2) is 8.42 Å². The summed E-state index contributed by atoms with van der Waals surface area (Å²) in [5.74, 6) is 0. The van der Waals surface area contributed by atoms with Crippen LogP contribution in [0.15, 0.2) is 29.2 Å². The van der Waals surface area contributed by atoms with Crippen LogP contribution in [0.4, 0.5) is 0 Å². The lowest BCUT2D eigenvalue weighted by atomic mass is 10.2. The average Bonchev–Trinajstić information content (AvgIpc) is 2.03. The molecule has 0 saturated carbocycles. The maximum atomic E-state index is 11.0. The predicted molar refractivity (Wildman–Crippen MR) is 55.2 cm³/mol. The Morgan fingerprint density at radius 1 is 1.46 bits per heavy atom. The molecule has 0 fully saturated rings. The summed E-state index contributed by atoms with van der Waals surface area (Å²) in [5.41, 5.74) is 0.842. The van der Waals surface area contributed by atoms with Crippen LogP contribution in [0.2, 0.25) is 0 Å². The maximum Gasteiger partial charge on any atom is 0.238 e. The third-order valence-electron chi connectivity index (χ3n) is 1.67. The Balaban J connectivity index is 3.21. The van der Waals surface area contributed by atoms with Crippen molar-refractivity contribution in [1.82, 2.24) is 0 Å². The van der Waals surface area contributed by atoms with Crippen molar-refractivity contribution in [3.8, 4) is 0 Å². The molecule has 0 aliphatic heterocycles. The molecular formula is C8H11NO2S2. The van der Waals surface area contributed by atoms with Crippen LogP contribution < -0.4 is 5.14 Å². The van der Waals surface area contributed by atoms with Crippen molar-refractivity contribution in [1.29, 1.82) is 0 Å². The van der Waals surface area contributed by atoms with E-state index in [0.717, 1.165) is 5.56 Å². The van der Waals surface area contributed by atoms with Gasteiger partial charge in [0.05, 0.1) is 4.90 Å². The van der Waals surface area contributed by atoms with Crippen LogP contribution >= 0.6 is 12.6 Å². The molecule has 0 saturated heterocycles. The smallest absolute Gasteiger partial charge is 0.225 e. The highest BCUT2D eigenvalue weighted by molar-refractivity contribution is 7.89. The maximum absolute atomic E-state index is 11.0. The second-order valence-corrected chi connectivity index (χ2v) is 5.13. The van der Waals surface area contributed by atoms with Gasteiger partial charge in [0.25, 0.3) is 0 Å². The molecule has 0 heterocycles. The van der Waals surface area contributed by atoms with Crippen molar-refractivity contribution in [3.05, 3.63) is 29.8 Å². The van der Waals surface area contributed by atoms with E-state index in [1.165, 1.54) is 12.1 Å². The van der Waals surface area contributed by atoms with Crippen molar-refractivity contribution in [2.24, 2.45) is 5.14 Å². The lowest BCUT2D eigenvalue weighted by Gasteiger charge is -2.05. The van der Waals surface area contributed by atoms with E-state index in [1.54, 1.807) is 6.07 Å². The summed E-state index contributed by atoms with van der Waals surface area (Å²) in [7, 11) is -3.59. The van der Waals surface area contributed by atoms with Gasteiger partial charge in [-0.1, -0.05) is 12.1 Å². The molecular weight excluding hydrogens is 206 g/mol. The lowest BCUT2D eigenvalue weighted by Crippen LogP contribution is -2.12. The van der Waals surface area contributed by atoms with E-state index in [2.05, 4.69) is 12.6 Å². The van der Waals surface area contributed by atoms with Crippen LogP contribution in [-0.2, 0) is 10.0 Å². The fourth-order valence-electron chi connectivity index (χ4n) is 0.951. The number of nitrogens with two attached hydrogens (primary N) is 1. The van der Waals surface area contributed by atoms with E-state index in [4.69, 9.17) is 5.14 Å². The van der Waals surface area contributed by atoms with E-state index in [0.29, 0.717) is 0 Å². The van der Waals surface area contributed by atoms with E-state index in [-0.39, 0.29) is 10.1 Å². The van der Waals surface area contributed by atoms with Crippen molar-refractivity contribution in [2.75, 3.05) is 0 Å². The number of sulfonamides is 1. The molecule has 1 rings (SSSR count). The summed E-state index contributed by atoms with van der Waals surface area (Å²) in [6, 6.07) is 6.47. The van der Waals surface area contributed by atoms with Gasteiger partial charge in [0.1, 0.15) is 0 Å². The van der Waals surface area contributed by atoms with Gasteiger partial charge in [0.2, 0.25) is 10.0 Å². The van der Waals surface area contributed by atoms with Crippen LogP contribution in [0.25, 0.3) is 0 Å². The van der Waals surface area contributed by atoms with E-state index in [9.17, 15) is 8.42 Å². The van der Waals surface area contributed by atoms with Gasteiger partial charge in [-0.25, -0.2) is 13.6 Å². The van der Waals surface area contributed by atoms with Gasteiger partial charge in [-0.05, 0) is 24.6 Å². The molecule has 0 radical (unpaired) electrons. The molecule has 0 aliphatic carbocycles. The minimum atomic E-state index is -3.59. The molecule has 72 valence electrons. The fourth-order valence-corrected chi connectivity index (χ4v) is 1.68. The number of rotatable bonds is 2. The molecule has 1 aromatic carbocycles. The van der Waals surface area contributed by atoms with Gasteiger partial charge in [-0.3, -0.25) is 0 Å². The number of hydrogen-bond donors (Lipinski definition) is 2. The highest BCUT2D eigenvalue weighted by atomic mass is 32.2. The highest BCUT2D eigenvalue weighted by Crippen LogP contribution is 2.20. The molecule has 3 nitrogen and oxygen atoms in total. The highest BCUT2D eigenvalue weighted by Gasteiger charge is 2.08. The first-order valence-corrected chi connectivity index (χ1v) is 5.78. The Labute approximate surface area is 83.4 Å². The zero-order valence-electron chi connectivity index (χ0n) is 7.14. The number of hydrogen-bond acceptors (Lipinski definition) is 3. The molecule has 2 N–H and O–H groups in total. The van der Waals surface area contributed by atoms with Gasteiger partial charge >= 0.3 is 0 Å². The molecule has 0 bridgehead atoms. The molecule has 1 aromatic rings. The number of benzene rings is 1. The fraction of sp³-hybridized carbons (Fsp3) is 0.250. The van der Waals surface area contributed by atoms with Crippen molar-refractivity contribution < 1.29 is 8.42 Å². The Hall–Kier alpha value is -0.520. The molecule has 0 aromatic heterocycles. The SMILES string of the molecule is CC(S)c1cccc(S(N)(=O)=O)c1. The van der Waals surface area contributed by atoms with Crippen LogP contribution in [0, 0.1) is 0 Å². The average molecular weight is 217 g/mol. The zero-order chi connectivity index (χ0) is 10.1. The molecule has 0 amide bonds. The van der Waals surface area contributed by atoms with Gasteiger partial charge < -0.3 is 0 Å². The largest absolute Gasteiger partial charge is 0.238 e. The summed E-state index contributed by atoms with van der Waals surface area (Å²) < 4.78 is 21.9. The predicted octanol–water partition coefficient (Wildman–Crippen LogP) is 1.32. The Kier molecular flexibility index (Phi) is 3.00. The van der Waals surface area contributed by atoms with E-state index >= 15 is 0 Å². The minimum absolute atomic E-state index is 0.00157. The first kappa shape index (κ1) is 10.6. The minimum Gasteiger partial charge on any atom is -0.225 e. The third kappa shape index (κ3) is 2.72. The number of primary sulfonamides is 1. The van der Waals surface area contributed by atoms with Crippen molar-refractivity contribution in [2.45, 2.75) is 17.1 Å². The normalized spacial score (nSPS) is 14.1. The topological polar surface area (TPSA) is 60.2 Å². The van der Waals surface area contributed by atoms with Crippen molar-refractivity contribution >= 4 is 22.7 Å². The van der Waals surface area contributed by atoms with Crippen LogP contribution in [0.3, 0.4) is 0 Å². The molecule has 0 aliphatic rings. The van der Waals surface area contributed by atoms with Gasteiger partial charge in [0.15, 0.2) is 0 Å². The zero-order valence-corrected chi connectivity index (χ0v) is 8.85. The van der Waals surface area contributed by atoms with E-state index < -0.39 is 10.0 Å². The van der Waals surface area contributed by atoms with Gasteiger partial charge in [0, 0.05) is 5.25 Å². The van der Waals surface area contributed by atoms with Crippen LogP contribution in [0.1, 0.15) is 17.7 Å². The van der Waals surface area contributed by atoms with Gasteiger partial charge in [-0.15, -0.1) is 0 Å². The third-order valence-corrected chi connectivity index (χ3v) is 2.88. The summed E-state index contributed by atoms with van der Waals surface area (Å²) >= 11 is 4.19. The quantitative estimate of drug-likeness (QED) is 0.734. The second-order valence-electron chi connectivity index (χ2n) is 2.79. The first-order chi connectivity index (χ1) is 5.91. The standard InChI is InChI=1S/C8H11NO2S2/c1-6(12)7-3-2-4-8(5-7)13(9,10)11/h2-6,12H,1H3,(H2,9,10,11). The molecule has 13 heavy (non-hydrogen) atoms. The Morgan fingerprint density at radius 3 is 2.54 bits per heavy atom.